The van der Waals surface area contributed by atoms with Crippen LogP contribution < -0.4 is 0 Å². The number of carbonyl (C=O) groups is 1. The molecule has 0 radical (unpaired) electrons. The third-order valence-electron chi connectivity index (χ3n) is 1.93. The van der Waals surface area contributed by atoms with E-state index in [1.807, 2.05) is 12.1 Å². The minimum atomic E-state index is -0.879. The Morgan fingerprint density at radius 3 is 2.82 bits per heavy atom. The monoisotopic (exact) mass is 285 g/mol. The van der Waals surface area contributed by atoms with Crippen LogP contribution in [0.1, 0.15) is 14.5 Å². The lowest BCUT2D eigenvalue weighted by Crippen LogP contribution is -1.89. The highest BCUT2D eigenvalue weighted by Crippen LogP contribution is 2.26. The standard InChI is InChI=1S/C11H8ClNO2S2/c12-7-1-4-10(13-5-7)16-6-8-2-3-9(17-8)11(14)15/h1-5H,6H2,(H,14,15). The van der Waals surface area contributed by atoms with Crippen LogP contribution in [-0.4, -0.2) is 16.1 Å². The van der Waals surface area contributed by atoms with Crippen LogP contribution in [-0.2, 0) is 5.75 Å². The SMILES string of the molecule is O=C(O)c1ccc(CSc2ccc(Cl)cn2)s1. The molecule has 2 aromatic heterocycles. The molecule has 3 nitrogen and oxygen atoms in total. The van der Waals surface area contributed by atoms with Crippen molar-refractivity contribution in [1.29, 1.82) is 0 Å². The van der Waals surface area contributed by atoms with Crippen molar-refractivity contribution < 1.29 is 9.90 Å². The van der Waals surface area contributed by atoms with E-state index in [-0.39, 0.29) is 0 Å². The summed E-state index contributed by atoms with van der Waals surface area (Å²) in [5.41, 5.74) is 0. The smallest absolute Gasteiger partial charge is 0.345 e. The normalized spacial score (nSPS) is 10.4. The molecule has 1 N–H and O–H groups in total. The molecule has 2 heterocycles. The lowest BCUT2D eigenvalue weighted by atomic mass is 10.4. The van der Waals surface area contributed by atoms with E-state index in [0.717, 1.165) is 9.90 Å². The predicted octanol–water partition coefficient (Wildman–Crippen LogP) is 3.79. The summed E-state index contributed by atoms with van der Waals surface area (Å²) in [4.78, 5) is 16.2. The van der Waals surface area contributed by atoms with Gasteiger partial charge in [-0.3, -0.25) is 0 Å². The third-order valence-corrected chi connectivity index (χ3v) is 4.41. The Morgan fingerprint density at radius 2 is 2.24 bits per heavy atom. The molecule has 0 bridgehead atoms. The fourth-order valence-electron chi connectivity index (χ4n) is 1.16. The van der Waals surface area contributed by atoms with E-state index in [2.05, 4.69) is 4.98 Å². The average molecular weight is 286 g/mol. The summed E-state index contributed by atoms with van der Waals surface area (Å²) < 4.78 is 0. The van der Waals surface area contributed by atoms with Gasteiger partial charge in [-0.15, -0.1) is 23.1 Å². The van der Waals surface area contributed by atoms with Gasteiger partial charge >= 0.3 is 5.97 Å². The van der Waals surface area contributed by atoms with Gasteiger partial charge in [0.05, 0.1) is 10.0 Å². The molecule has 88 valence electrons. The number of thiophene rings is 1. The van der Waals surface area contributed by atoms with Crippen molar-refractivity contribution >= 4 is 40.7 Å². The number of carboxylic acid groups (broad SMARTS) is 1. The van der Waals surface area contributed by atoms with Crippen molar-refractivity contribution in [1.82, 2.24) is 4.98 Å². The molecular weight excluding hydrogens is 278 g/mol. The summed E-state index contributed by atoms with van der Waals surface area (Å²) in [6, 6.07) is 7.09. The highest BCUT2D eigenvalue weighted by Gasteiger charge is 2.07. The summed E-state index contributed by atoms with van der Waals surface area (Å²) in [6.07, 6.45) is 1.60. The van der Waals surface area contributed by atoms with Crippen LogP contribution in [0, 0.1) is 0 Å². The van der Waals surface area contributed by atoms with Crippen molar-refractivity contribution in [2.24, 2.45) is 0 Å². The van der Waals surface area contributed by atoms with E-state index in [4.69, 9.17) is 16.7 Å². The summed E-state index contributed by atoms with van der Waals surface area (Å²) in [6.45, 7) is 0. The van der Waals surface area contributed by atoms with E-state index < -0.39 is 5.97 Å². The van der Waals surface area contributed by atoms with Gasteiger partial charge in [-0.1, -0.05) is 11.6 Å². The van der Waals surface area contributed by atoms with Crippen LogP contribution in [0.25, 0.3) is 0 Å². The number of rotatable bonds is 4. The lowest BCUT2D eigenvalue weighted by Gasteiger charge is -1.98. The molecule has 2 rings (SSSR count). The first kappa shape index (κ1) is 12.4. The highest BCUT2D eigenvalue weighted by molar-refractivity contribution is 7.98. The Labute approximate surface area is 111 Å². The Hall–Kier alpha value is -1.04. The molecule has 0 aromatic carbocycles. The number of hydrogen-bond acceptors (Lipinski definition) is 4. The largest absolute Gasteiger partial charge is 0.477 e. The molecule has 0 saturated carbocycles. The number of carboxylic acids is 1. The minimum Gasteiger partial charge on any atom is -0.477 e. The quantitative estimate of drug-likeness (QED) is 0.869. The number of aromatic carboxylic acids is 1. The zero-order valence-corrected chi connectivity index (χ0v) is 11.0. The molecule has 0 amide bonds. The van der Waals surface area contributed by atoms with Crippen LogP contribution in [0.5, 0.6) is 0 Å². The fourth-order valence-corrected chi connectivity index (χ4v) is 3.01. The van der Waals surface area contributed by atoms with Gasteiger partial charge in [-0.05, 0) is 24.3 Å². The van der Waals surface area contributed by atoms with Crippen molar-refractivity contribution in [2.75, 3.05) is 0 Å². The molecule has 17 heavy (non-hydrogen) atoms. The summed E-state index contributed by atoms with van der Waals surface area (Å²) in [5.74, 6) is -0.164. The molecule has 0 aliphatic heterocycles. The number of halogens is 1. The van der Waals surface area contributed by atoms with Crippen LogP contribution >= 0.6 is 34.7 Å². The van der Waals surface area contributed by atoms with Crippen LogP contribution in [0.3, 0.4) is 0 Å². The Kier molecular flexibility index (Phi) is 4.04. The van der Waals surface area contributed by atoms with Gasteiger partial charge in [-0.25, -0.2) is 9.78 Å². The molecule has 0 unspecified atom stereocenters. The Morgan fingerprint density at radius 1 is 1.41 bits per heavy atom. The van der Waals surface area contributed by atoms with Gasteiger partial charge in [0.2, 0.25) is 0 Å². The first-order chi connectivity index (χ1) is 8.15. The fraction of sp³-hybridized carbons (Fsp3) is 0.0909. The maximum absolute atomic E-state index is 10.7. The molecular formula is C11H8ClNO2S2. The second-order valence-corrected chi connectivity index (χ2v) is 5.77. The van der Waals surface area contributed by atoms with E-state index in [1.165, 1.54) is 11.3 Å². The maximum Gasteiger partial charge on any atom is 0.345 e. The zero-order chi connectivity index (χ0) is 12.3. The third kappa shape index (κ3) is 3.46. The van der Waals surface area contributed by atoms with Crippen molar-refractivity contribution in [3.63, 3.8) is 0 Å². The summed E-state index contributed by atoms with van der Waals surface area (Å²) >= 11 is 8.58. The van der Waals surface area contributed by atoms with E-state index in [0.29, 0.717) is 15.7 Å². The molecule has 0 fully saturated rings. The number of nitrogens with zero attached hydrogens (tertiary/aromatic N) is 1. The molecule has 0 aliphatic rings. The number of hydrogen-bond donors (Lipinski definition) is 1. The number of pyridine rings is 1. The first-order valence-corrected chi connectivity index (χ1v) is 6.89. The highest BCUT2D eigenvalue weighted by atomic mass is 35.5. The zero-order valence-electron chi connectivity index (χ0n) is 8.59. The first-order valence-electron chi connectivity index (χ1n) is 4.71. The van der Waals surface area contributed by atoms with Gasteiger partial charge < -0.3 is 5.11 Å². The van der Waals surface area contributed by atoms with Crippen LogP contribution in [0.2, 0.25) is 5.02 Å². The van der Waals surface area contributed by atoms with Gasteiger partial charge in [0.25, 0.3) is 0 Å². The summed E-state index contributed by atoms with van der Waals surface area (Å²) in [5, 5.41) is 10.3. The van der Waals surface area contributed by atoms with E-state index in [9.17, 15) is 4.79 Å². The molecule has 0 saturated heterocycles. The van der Waals surface area contributed by atoms with Crippen molar-refractivity contribution in [3.05, 3.63) is 45.2 Å². The Bertz CT molecular complexity index is 525. The van der Waals surface area contributed by atoms with Gasteiger partial charge in [0.15, 0.2) is 0 Å². The number of aromatic nitrogens is 1. The van der Waals surface area contributed by atoms with Crippen LogP contribution in [0.4, 0.5) is 0 Å². The molecule has 0 spiro atoms. The number of thioether (sulfide) groups is 1. The van der Waals surface area contributed by atoms with E-state index in [1.54, 1.807) is 30.1 Å². The van der Waals surface area contributed by atoms with E-state index >= 15 is 0 Å². The lowest BCUT2D eigenvalue weighted by molar-refractivity contribution is 0.0702. The average Bonchev–Trinajstić information content (AvgIpc) is 2.77. The van der Waals surface area contributed by atoms with Gasteiger partial charge in [-0.2, -0.15) is 0 Å². The summed E-state index contributed by atoms with van der Waals surface area (Å²) in [7, 11) is 0. The molecule has 0 atom stereocenters. The topological polar surface area (TPSA) is 50.2 Å². The molecule has 0 aliphatic carbocycles. The van der Waals surface area contributed by atoms with Crippen molar-refractivity contribution in [3.8, 4) is 0 Å². The van der Waals surface area contributed by atoms with Crippen molar-refractivity contribution in [2.45, 2.75) is 10.8 Å². The second kappa shape index (κ2) is 5.53. The second-order valence-electron chi connectivity index (χ2n) is 3.17. The molecule has 6 heteroatoms. The Balaban J connectivity index is 1.97. The minimum absolute atomic E-state index is 0.365. The van der Waals surface area contributed by atoms with Gasteiger partial charge in [0.1, 0.15) is 4.88 Å². The van der Waals surface area contributed by atoms with Crippen LogP contribution in [0.15, 0.2) is 35.5 Å². The van der Waals surface area contributed by atoms with Gasteiger partial charge in [0, 0.05) is 16.8 Å². The maximum atomic E-state index is 10.7. The molecule has 2 aromatic rings. The predicted molar refractivity (Wildman–Crippen MR) is 70.1 cm³/mol.